The van der Waals surface area contributed by atoms with Crippen LogP contribution in [-0.2, 0) is 14.0 Å². The number of nitrogens with zero attached hydrogens (tertiary/aromatic N) is 3. The van der Waals surface area contributed by atoms with Gasteiger partial charge in [0.1, 0.15) is 5.92 Å². The molecule has 2 heterocycles. The molecule has 0 aromatic carbocycles. The highest BCUT2D eigenvalue weighted by Crippen LogP contribution is 2.27. The van der Waals surface area contributed by atoms with E-state index in [4.69, 9.17) is 9.16 Å². The minimum absolute atomic E-state index is 0.00385. The van der Waals surface area contributed by atoms with Crippen molar-refractivity contribution >= 4 is 14.2 Å². The first kappa shape index (κ1) is 23.3. The van der Waals surface area contributed by atoms with Gasteiger partial charge in [0.2, 0.25) is 5.91 Å². The van der Waals surface area contributed by atoms with E-state index in [0.29, 0.717) is 13.0 Å². The smallest absolute Gasteiger partial charge is 0.240 e. The van der Waals surface area contributed by atoms with Gasteiger partial charge in [-0.2, -0.15) is 5.26 Å². The second-order valence-corrected chi connectivity index (χ2v) is 14.3. The molecule has 160 valence electrons. The molecule has 0 aliphatic carbocycles. The van der Waals surface area contributed by atoms with Crippen molar-refractivity contribution in [2.45, 2.75) is 77.2 Å². The summed E-state index contributed by atoms with van der Waals surface area (Å²) in [5.74, 6) is -0.558. The zero-order valence-corrected chi connectivity index (χ0v) is 19.5. The number of piperidine rings is 1. The number of morpholine rings is 1. The standard InChI is InChI=1S/C21H39N3O3Si/c1-21(2,23-12-14-26-15-13-23)10-9-18(16-22)20(25)24-11-7-6-8-19(24)17-27-28(3,4)5/h18-19H,6-15,17H2,1-5H3/t18?,19-/m1/s1. The Kier molecular flexibility index (Phi) is 8.50. The van der Waals surface area contributed by atoms with Gasteiger partial charge in [-0.25, -0.2) is 0 Å². The highest BCUT2D eigenvalue weighted by molar-refractivity contribution is 6.69. The third-order valence-electron chi connectivity index (χ3n) is 5.98. The zero-order chi connectivity index (χ0) is 20.8. The molecule has 2 aliphatic rings. The minimum atomic E-state index is -1.62. The zero-order valence-electron chi connectivity index (χ0n) is 18.5. The van der Waals surface area contributed by atoms with E-state index in [-0.39, 0.29) is 17.5 Å². The molecule has 7 heteroatoms. The molecule has 0 aromatic heterocycles. The first-order valence-corrected chi connectivity index (χ1v) is 14.2. The Hall–Kier alpha value is -0.943. The summed E-state index contributed by atoms with van der Waals surface area (Å²) >= 11 is 0. The van der Waals surface area contributed by atoms with Gasteiger partial charge in [0.25, 0.3) is 0 Å². The molecule has 28 heavy (non-hydrogen) atoms. The van der Waals surface area contributed by atoms with Gasteiger partial charge in [-0.1, -0.05) is 0 Å². The molecule has 0 aromatic rings. The Morgan fingerprint density at radius 3 is 2.54 bits per heavy atom. The molecule has 0 N–H and O–H groups in total. The largest absolute Gasteiger partial charge is 0.416 e. The summed E-state index contributed by atoms with van der Waals surface area (Å²) in [5, 5.41) is 9.72. The van der Waals surface area contributed by atoms with Crippen LogP contribution >= 0.6 is 0 Å². The van der Waals surface area contributed by atoms with E-state index >= 15 is 0 Å². The molecular formula is C21H39N3O3Si. The van der Waals surface area contributed by atoms with Crippen molar-refractivity contribution in [1.29, 1.82) is 5.26 Å². The topological polar surface area (TPSA) is 65.8 Å². The summed E-state index contributed by atoms with van der Waals surface area (Å²) in [6.07, 6.45) is 4.57. The molecule has 2 rings (SSSR count). The second kappa shape index (κ2) is 10.2. The first-order chi connectivity index (χ1) is 13.1. The molecule has 2 saturated heterocycles. The minimum Gasteiger partial charge on any atom is -0.416 e. The van der Waals surface area contributed by atoms with E-state index in [1.807, 2.05) is 4.90 Å². The molecule has 0 spiro atoms. The summed E-state index contributed by atoms with van der Waals surface area (Å²) in [6.45, 7) is 15.7. The monoisotopic (exact) mass is 409 g/mol. The highest BCUT2D eigenvalue weighted by Gasteiger charge is 2.35. The van der Waals surface area contributed by atoms with E-state index in [1.54, 1.807) is 0 Å². The van der Waals surface area contributed by atoms with Crippen LogP contribution in [0.25, 0.3) is 0 Å². The van der Waals surface area contributed by atoms with Gasteiger partial charge in [0.05, 0.1) is 31.9 Å². The highest BCUT2D eigenvalue weighted by atomic mass is 28.4. The number of likely N-dealkylation sites (tertiary alicyclic amines) is 1. The fraction of sp³-hybridized carbons (Fsp3) is 0.905. The van der Waals surface area contributed by atoms with Crippen molar-refractivity contribution in [2.75, 3.05) is 39.5 Å². The quantitative estimate of drug-likeness (QED) is 0.576. The van der Waals surface area contributed by atoms with Crippen LogP contribution in [0.15, 0.2) is 0 Å². The average molecular weight is 410 g/mol. The number of nitriles is 1. The van der Waals surface area contributed by atoms with Crippen molar-refractivity contribution in [3.8, 4) is 6.07 Å². The van der Waals surface area contributed by atoms with E-state index in [1.165, 1.54) is 0 Å². The number of hydrogen-bond acceptors (Lipinski definition) is 5. The van der Waals surface area contributed by atoms with Crippen molar-refractivity contribution in [1.82, 2.24) is 9.80 Å². The molecule has 0 bridgehead atoms. The maximum absolute atomic E-state index is 13.2. The molecule has 2 fully saturated rings. The molecule has 6 nitrogen and oxygen atoms in total. The lowest BCUT2D eigenvalue weighted by atomic mass is 9.89. The Balaban J connectivity index is 1.95. The summed E-state index contributed by atoms with van der Waals surface area (Å²) in [5.41, 5.74) is -0.0264. The van der Waals surface area contributed by atoms with E-state index < -0.39 is 14.2 Å². The fourth-order valence-corrected chi connectivity index (χ4v) is 4.77. The van der Waals surface area contributed by atoms with Crippen molar-refractivity contribution in [2.24, 2.45) is 5.92 Å². The molecule has 0 saturated carbocycles. The Morgan fingerprint density at radius 2 is 1.93 bits per heavy atom. The fourth-order valence-electron chi connectivity index (χ4n) is 4.08. The summed E-state index contributed by atoms with van der Waals surface area (Å²) in [7, 11) is -1.62. The summed E-state index contributed by atoms with van der Waals surface area (Å²) in [4.78, 5) is 17.5. The van der Waals surface area contributed by atoms with Gasteiger partial charge in [0.15, 0.2) is 8.32 Å². The third-order valence-corrected chi connectivity index (χ3v) is 7.02. The van der Waals surface area contributed by atoms with Crippen molar-refractivity contribution < 1.29 is 14.0 Å². The van der Waals surface area contributed by atoms with E-state index in [9.17, 15) is 10.1 Å². The predicted molar refractivity (Wildman–Crippen MR) is 113 cm³/mol. The Bertz CT molecular complexity index is 550. The summed E-state index contributed by atoms with van der Waals surface area (Å²) < 4.78 is 11.6. The van der Waals surface area contributed by atoms with Crippen LogP contribution in [0.2, 0.25) is 19.6 Å². The van der Waals surface area contributed by atoms with Crippen LogP contribution in [0.1, 0.15) is 46.0 Å². The van der Waals surface area contributed by atoms with Crippen molar-refractivity contribution in [3.05, 3.63) is 0 Å². The molecule has 2 atom stereocenters. The lowest BCUT2D eigenvalue weighted by Crippen LogP contribution is -2.51. The number of carbonyl (C=O) groups excluding carboxylic acids is 1. The SMILES string of the molecule is CC(C)(CCC(C#N)C(=O)N1CCCC[C@@H]1CO[Si](C)(C)C)N1CCOCC1. The molecule has 0 radical (unpaired) electrons. The van der Waals surface area contributed by atoms with Gasteiger partial charge in [0, 0.05) is 25.2 Å². The average Bonchev–Trinajstić information content (AvgIpc) is 2.67. The third kappa shape index (κ3) is 6.84. The van der Waals surface area contributed by atoms with Gasteiger partial charge in [-0.15, -0.1) is 0 Å². The van der Waals surface area contributed by atoms with Crippen LogP contribution < -0.4 is 0 Å². The first-order valence-electron chi connectivity index (χ1n) is 10.8. The molecule has 2 aliphatic heterocycles. The van der Waals surface area contributed by atoms with Crippen LogP contribution in [-0.4, -0.2) is 75.1 Å². The van der Waals surface area contributed by atoms with Crippen LogP contribution in [0.5, 0.6) is 0 Å². The maximum Gasteiger partial charge on any atom is 0.240 e. The molecular weight excluding hydrogens is 370 g/mol. The second-order valence-electron chi connectivity index (χ2n) is 9.74. The van der Waals surface area contributed by atoms with Crippen LogP contribution in [0.3, 0.4) is 0 Å². The van der Waals surface area contributed by atoms with E-state index in [0.717, 1.165) is 58.5 Å². The van der Waals surface area contributed by atoms with E-state index in [2.05, 4.69) is 44.5 Å². The number of amides is 1. The predicted octanol–water partition coefficient (Wildman–Crippen LogP) is 3.25. The molecule has 1 amide bonds. The van der Waals surface area contributed by atoms with Crippen LogP contribution in [0, 0.1) is 17.2 Å². The number of ether oxygens (including phenoxy) is 1. The number of hydrogen-bond donors (Lipinski definition) is 0. The lowest BCUT2D eigenvalue weighted by molar-refractivity contribution is -0.138. The normalized spacial score (nSPS) is 23.3. The van der Waals surface area contributed by atoms with Gasteiger partial charge in [-0.05, 0) is 65.6 Å². The molecule has 1 unspecified atom stereocenters. The lowest BCUT2D eigenvalue weighted by Gasteiger charge is -2.42. The Labute approximate surface area is 172 Å². The number of carbonyl (C=O) groups is 1. The van der Waals surface area contributed by atoms with Gasteiger partial charge >= 0.3 is 0 Å². The van der Waals surface area contributed by atoms with Gasteiger partial charge < -0.3 is 14.1 Å². The van der Waals surface area contributed by atoms with Gasteiger partial charge in [-0.3, -0.25) is 9.69 Å². The Morgan fingerprint density at radius 1 is 1.25 bits per heavy atom. The summed E-state index contributed by atoms with van der Waals surface area (Å²) in [6, 6.07) is 2.42. The number of rotatable bonds is 8. The van der Waals surface area contributed by atoms with Crippen molar-refractivity contribution in [3.63, 3.8) is 0 Å². The van der Waals surface area contributed by atoms with Crippen LogP contribution in [0.4, 0.5) is 0 Å². The maximum atomic E-state index is 13.2.